The van der Waals surface area contributed by atoms with Crippen molar-refractivity contribution in [2.45, 2.75) is 13.5 Å². The van der Waals surface area contributed by atoms with E-state index in [2.05, 4.69) is 10.3 Å². The summed E-state index contributed by atoms with van der Waals surface area (Å²) in [5.41, 5.74) is 1.29. The third-order valence-corrected chi connectivity index (χ3v) is 3.75. The van der Waals surface area contributed by atoms with Crippen molar-refractivity contribution in [3.8, 4) is 11.5 Å². The third-order valence-electron chi connectivity index (χ3n) is 2.78. The molecule has 0 unspecified atom stereocenters. The van der Waals surface area contributed by atoms with E-state index in [0.717, 1.165) is 10.7 Å². The molecule has 0 amide bonds. The molecule has 2 heterocycles. The molecule has 1 aliphatic rings. The summed E-state index contributed by atoms with van der Waals surface area (Å²) in [4.78, 5) is 14.9. The standard InChI is InChI=1S/C12H11N3O4S/c1-7-5-20-12(14-7)4-13-8-2-10-11(19-6-18-10)3-9(8)15(16)17/h2-3,5,13H,4,6H2,1H3. The van der Waals surface area contributed by atoms with Crippen molar-refractivity contribution in [3.63, 3.8) is 0 Å². The van der Waals surface area contributed by atoms with E-state index in [-0.39, 0.29) is 12.5 Å². The predicted molar refractivity (Wildman–Crippen MR) is 73.4 cm³/mol. The van der Waals surface area contributed by atoms with Gasteiger partial charge in [0.25, 0.3) is 5.69 Å². The maximum absolute atomic E-state index is 11.1. The monoisotopic (exact) mass is 293 g/mol. The Morgan fingerprint density at radius 3 is 2.85 bits per heavy atom. The lowest BCUT2D eigenvalue weighted by atomic mass is 10.2. The average molecular weight is 293 g/mol. The highest BCUT2D eigenvalue weighted by Gasteiger charge is 2.23. The number of thiazole rings is 1. The molecule has 3 rings (SSSR count). The second-order valence-corrected chi connectivity index (χ2v) is 5.16. The number of nitro groups is 1. The molecule has 7 nitrogen and oxygen atoms in total. The molecule has 0 saturated heterocycles. The molecule has 0 fully saturated rings. The van der Waals surface area contributed by atoms with Gasteiger partial charge in [0.15, 0.2) is 11.5 Å². The van der Waals surface area contributed by atoms with E-state index in [9.17, 15) is 10.1 Å². The van der Waals surface area contributed by atoms with Crippen molar-refractivity contribution in [1.82, 2.24) is 4.98 Å². The van der Waals surface area contributed by atoms with Gasteiger partial charge in [0.05, 0.1) is 17.5 Å². The normalized spacial score (nSPS) is 12.4. The van der Waals surface area contributed by atoms with Crippen molar-refractivity contribution < 1.29 is 14.4 Å². The van der Waals surface area contributed by atoms with Crippen molar-refractivity contribution >= 4 is 22.7 Å². The van der Waals surface area contributed by atoms with E-state index in [1.54, 1.807) is 6.07 Å². The molecule has 1 aromatic carbocycles. The van der Waals surface area contributed by atoms with Gasteiger partial charge in [0.2, 0.25) is 6.79 Å². The number of anilines is 1. The van der Waals surface area contributed by atoms with Crippen molar-refractivity contribution in [2.24, 2.45) is 0 Å². The van der Waals surface area contributed by atoms with E-state index < -0.39 is 4.92 Å². The lowest BCUT2D eigenvalue weighted by molar-refractivity contribution is -0.384. The zero-order valence-corrected chi connectivity index (χ0v) is 11.4. The first-order valence-corrected chi connectivity index (χ1v) is 6.74. The first-order valence-electron chi connectivity index (χ1n) is 5.86. The highest BCUT2D eigenvalue weighted by molar-refractivity contribution is 7.09. The van der Waals surface area contributed by atoms with Crippen LogP contribution in [0.5, 0.6) is 11.5 Å². The lowest BCUT2D eigenvalue weighted by Gasteiger charge is -2.06. The number of nitrogens with one attached hydrogen (secondary N) is 1. The molecular weight excluding hydrogens is 282 g/mol. The summed E-state index contributed by atoms with van der Waals surface area (Å²) in [6, 6.07) is 2.96. The Morgan fingerprint density at radius 2 is 2.20 bits per heavy atom. The van der Waals surface area contributed by atoms with Gasteiger partial charge in [0.1, 0.15) is 10.7 Å². The average Bonchev–Trinajstić information content (AvgIpc) is 3.03. The van der Waals surface area contributed by atoms with Gasteiger partial charge in [-0.15, -0.1) is 11.3 Å². The summed E-state index contributed by atoms with van der Waals surface area (Å²) in [5, 5.41) is 16.9. The quantitative estimate of drug-likeness (QED) is 0.689. The van der Waals surface area contributed by atoms with Gasteiger partial charge >= 0.3 is 0 Å². The van der Waals surface area contributed by atoms with Crippen LogP contribution < -0.4 is 14.8 Å². The van der Waals surface area contributed by atoms with E-state index in [0.29, 0.717) is 23.7 Å². The van der Waals surface area contributed by atoms with E-state index in [1.807, 2.05) is 12.3 Å². The third kappa shape index (κ3) is 2.37. The van der Waals surface area contributed by atoms with Gasteiger partial charge in [-0.25, -0.2) is 4.98 Å². The van der Waals surface area contributed by atoms with Crippen LogP contribution in [0, 0.1) is 17.0 Å². The number of benzene rings is 1. The molecule has 0 radical (unpaired) electrons. The number of rotatable bonds is 4. The Hall–Kier alpha value is -2.35. The minimum Gasteiger partial charge on any atom is -0.454 e. The molecule has 1 aliphatic heterocycles. The first-order chi connectivity index (χ1) is 9.63. The van der Waals surface area contributed by atoms with Crippen LogP contribution in [-0.4, -0.2) is 16.7 Å². The fraction of sp³-hybridized carbons (Fsp3) is 0.250. The highest BCUT2D eigenvalue weighted by atomic mass is 32.1. The summed E-state index contributed by atoms with van der Waals surface area (Å²) >= 11 is 1.51. The maximum atomic E-state index is 11.1. The molecule has 20 heavy (non-hydrogen) atoms. The van der Waals surface area contributed by atoms with E-state index in [4.69, 9.17) is 9.47 Å². The summed E-state index contributed by atoms with van der Waals surface area (Å²) in [7, 11) is 0. The molecule has 1 aromatic heterocycles. The van der Waals surface area contributed by atoms with Crippen LogP contribution in [0.2, 0.25) is 0 Å². The van der Waals surface area contributed by atoms with Crippen molar-refractivity contribution in [1.29, 1.82) is 0 Å². The topological polar surface area (TPSA) is 86.5 Å². The highest BCUT2D eigenvalue weighted by Crippen LogP contribution is 2.40. The number of hydrogen-bond donors (Lipinski definition) is 1. The second-order valence-electron chi connectivity index (χ2n) is 4.22. The van der Waals surface area contributed by atoms with Crippen LogP contribution >= 0.6 is 11.3 Å². The Kier molecular flexibility index (Phi) is 3.15. The Morgan fingerprint density at radius 1 is 1.45 bits per heavy atom. The van der Waals surface area contributed by atoms with Crippen LogP contribution in [0.15, 0.2) is 17.5 Å². The summed E-state index contributed by atoms with van der Waals surface area (Å²) in [5.74, 6) is 0.903. The molecule has 0 bridgehead atoms. The van der Waals surface area contributed by atoms with Crippen LogP contribution in [0.4, 0.5) is 11.4 Å². The zero-order chi connectivity index (χ0) is 14.1. The number of fused-ring (bicyclic) bond motifs is 1. The van der Waals surface area contributed by atoms with Gasteiger partial charge < -0.3 is 14.8 Å². The molecule has 0 saturated carbocycles. The van der Waals surface area contributed by atoms with Gasteiger partial charge in [-0.2, -0.15) is 0 Å². The van der Waals surface area contributed by atoms with Gasteiger partial charge in [-0.1, -0.05) is 0 Å². The molecular formula is C12H11N3O4S. The summed E-state index contributed by atoms with van der Waals surface area (Å²) < 4.78 is 10.4. The molecule has 8 heteroatoms. The fourth-order valence-corrected chi connectivity index (χ4v) is 2.59. The maximum Gasteiger partial charge on any atom is 0.296 e. The number of ether oxygens (including phenoxy) is 2. The molecule has 2 aromatic rings. The van der Waals surface area contributed by atoms with Crippen molar-refractivity contribution in [3.05, 3.63) is 38.3 Å². The van der Waals surface area contributed by atoms with Gasteiger partial charge in [-0.3, -0.25) is 10.1 Å². The Bertz CT molecular complexity index is 671. The molecule has 1 N–H and O–H groups in total. The Labute approximate surface area is 118 Å². The summed E-state index contributed by atoms with van der Waals surface area (Å²) in [6.07, 6.45) is 0. The molecule has 104 valence electrons. The smallest absolute Gasteiger partial charge is 0.296 e. The Balaban J connectivity index is 1.86. The minimum absolute atomic E-state index is 0.0393. The van der Waals surface area contributed by atoms with Gasteiger partial charge in [0, 0.05) is 17.1 Å². The number of nitro benzene ring substituents is 1. The molecule has 0 spiro atoms. The largest absolute Gasteiger partial charge is 0.454 e. The molecule has 0 atom stereocenters. The second kappa shape index (κ2) is 4.97. The van der Waals surface area contributed by atoms with Crippen LogP contribution in [0.3, 0.4) is 0 Å². The minimum atomic E-state index is -0.447. The van der Waals surface area contributed by atoms with Crippen LogP contribution in [-0.2, 0) is 6.54 Å². The molecule has 0 aliphatic carbocycles. The van der Waals surface area contributed by atoms with Gasteiger partial charge in [-0.05, 0) is 6.92 Å². The number of aromatic nitrogens is 1. The van der Waals surface area contributed by atoms with Crippen LogP contribution in [0.25, 0.3) is 0 Å². The number of nitrogens with zero attached hydrogens (tertiary/aromatic N) is 2. The SMILES string of the molecule is Cc1csc(CNc2cc3c(cc2[N+](=O)[O-])OCO3)n1. The zero-order valence-electron chi connectivity index (χ0n) is 10.6. The summed E-state index contributed by atoms with van der Waals surface area (Å²) in [6.45, 7) is 2.42. The predicted octanol–water partition coefficient (Wildman–Crippen LogP) is 2.70. The number of hydrogen-bond acceptors (Lipinski definition) is 7. The van der Waals surface area contributed by atoms with Crippen LogP contribution in [0.1, 0.15) is 10.7 Å². The van der Waals surface area contributed by atoms with E-state index >= 15 is 0 Å². The fourth-order valence-electron chi connectivity index (χ4n) is 1.88. The first kappa shape index (κ1) is 12.7. The lowest BCUT2D eigenvalue weighted by Crippen LogP contribution is -2.02. The number of aryl methyl sites for hydroxylation is 1. The van der Waals surface area contributed by atoms with E-state index in [1.165, 1.54) is 17.4 Å². The van der Waals surface area contributed by atoms with Crippen molar-refractivity contribution in [2.75, 3.05) is 12.1 Å².